The van der Waals surface area contributed by atoms with Gasteiger partial charge in [0.25, 0.3) is 0 Å². The summed E-state index contributed by atoms with van der Waals surface area (Å²) in [5.41, 5.74) is 2.42. The Bertz CT molecular complexity index is 716. The van der Waals surface area contributed by atoms with Gasteiger partial charge in [0.2, 0.25) is 10.0 Å². The first kappa shape index (κ1) is 15.7. The molecule has 2 rings (SSSR count). The van der Waals surface area contributed by atoms with Crippen molar-refractivity contribution in [1.82, 2.24) is 9.88 Å². The molecule has 0 saturated carbocycles. The van der Waals surface area contributed by atoms with E-state index in [2.05, 4.69) is 9.88 Å². The maximum absolute atomic E-state index is 12.6. The molecular weight excluding hydrogens is 288 g/mol. The Balaban J connectivity index is 2.37. The summed E-state index contributed by atoms with van der Waals surface area (Å²) in [7, 11) is -3.66. The first-order valence-electron chi connectivity index (χ1n) is 6.87. The fourth-order valence-electron chi connectivity index (χ4n) is 2.45. The molecule has 0 unspecified atom stereocenters. The van der Waals surface area contributed by atoms with E-state index in [-0.39, 0.29) is 10.9 Å². The largest absolute Gasteiger partial charge is 0.360 e. The van der Waals surface area contributed by atoms with Crippen LogP contribution in [0.4, 0.5) is 0 Å². The molecule has 0 aliphatic carbocycles. The lowest BCUT2D eigenvalue weighted by atomic mass is 10.0. The second-order valence-electron chi connectivity index (χ2n) is 5.09. The number of hydrogen-bond donors (Lipinski definition) is 1. The highest BCUT2D eigenvalue weighted by molar-refractivity contribution is 7.89. The molecule has 0 radical (unpaired) electrons. The van der Waals surface area contributed by atoms with E-state index in [0.717, 1.165) is 11.1 Å². The van der Waals surface area contributed by atoms with Crippen molar-refractivity contribution in [3.8, 4) is 0 Å². The molecule has 0 saturated heterocycles. The number of aromatic nitrogens is 1. The molecule has 1 atom stereocenters. The third-order valence-electron chi connectivity index (χ3n) is 3.51. The second-order valence-corrected chi connectivity index (χ2v) is 6.74. The molecule has 1 aromatic carbocycles. The lowest BCUT2D eigenvalue weighted by molar-refractivity contribution is 0.390. The Labute approximate surface area is 125 Å². The zero-order valence-corrected chi connectivity index (χ0v) is 13.5. The van der Waals surface area contributed by atoms with Crippen LogP contribution in [0.2, 0.25) is 0 Å². The molecule has 1 heterocycles. The van der Waals surface area contributed by atoms with Crippen molar-refractivity contribution in [3.05, 3.63) is 46.8 Å². The van der Waals surface area contributed by atoms with Crippen LogP contribution < -0.4 is 4.72 Å². The minimum Gasteiger partial charge on any atom is -0.360 e. The van der Waals surface area contributed by atoms with Crippen molar-refractivity contribution in [3.63, 3.8) is 0 Å². The molecule has 0 aliphatic rings. The fraction of sp³-hybridized carbons (Fsp3) is 0.400. The molecule has 1 N–H and O–H groups in total. The summed E-state index contributed by atoms with van der Waals surface area (Å²) >= 11 is 0. The highest BCUT2D eigenvalue weighted by atomic mass is 32.2. The monoisotopic (exact) mass is 308 g/mol. The molecular formula is C15H20N2O3S. The number of nitrogens with one attached hydrogen (secondary N) is 1. The third-order valence-corrected chi connectivity index (χ3v) is 5.22. The SMILES string of the molecule is CC[C@@H](NS(=O)(=O)c1c(C)noc1C)c1ccccc1C. The minimum absolute atomic E-state index is 0.134. The molecule has 0 fully saturated rings. The van der Waals surface area contributed by atoms with Gasteiger partial charge >= 0.3 is 0 Å². The predicted octanol–water partition coefficient (Wildman–Crippen LogP) is 3.03. The van der Waals surface area contributed by atoms with Gasteiger partial charge in [0.05, 0.1) is 0 Å². The van der Waals surface area contributed by atoms with Crippen molar-refractivity contribution >= 4 is 10.0 Å². The summed E-state index contributed by atoms with van der Waals surface area (Å²) in [6, 6.07) is 7.50. The molecule has 2 aromatic rings. The van der Waals surface area contributed by atoms with Crippen LogP contribution in [-0.4, -0.2) is 13.6 Å². The van der Waals surface area contributed by atoms with Gasteiger partial charge in [-0.3, -0.25) is 0 Å². The molecule has 1 aromatic heterocycles. The average molecular weight is 308 g/mol. The maximum Gasteiger partial charge on any atom is 0.246 e. The minimum atomic E-state index is -3.66. The van der Waals surface area contributed by atoms with Gasteiger partial charge < -0.3 is 4.52 Å². The van der Waals surface area contributed by atoms with E-state index in [0.29, 0.717) is 17.9 Å². The van der Waals surface area contributed by atoms with Crippen LogP contribution in [0, 0.1) is 20.8 Å². The molecule has 6 heteroatoms. The predicted molar refractivity (Wildman–Crippen MR) is 80.5 cm³/mol. The lowest BCUT2D eigenvalue weighted by Crippen LogP contribution is -2.29. The maximum atomic E-state index is 12.6. The summed E-state index contributed by atoms with van der Waals surface area (Å²) in [5, 5.41) is 3.71. The van der Waals surface area contributed by atoms with Gasteiger partial charge in [-0.05, 0) is 38.3 Å². The van der Waals surface area contributed by atoms with E-state index < -0.39 is 10.0 Å². The van der Waals surface area contributed by atoms with Crippen LogP contribution in [0.15, 0.2) is 33.7 Å². The van der Waals surface area contributed by atoms with E-state index in [1.807, 2.05) is 38.1 Å². The van der Waals surface area contributed by atoms with Crippen molar-refractivity contribution < 1.29 is 12.9 Å². The quantitative estimate of drug-likeness (QED) is 0.921. The third kappa shape index (κ3) is 3.16. The Kier molecular flexibility index (Phi) is 4.49. The average Bonchev–Trinajstić information content (AvgIpc) is 2.77. The molecule has 0 spiro atoms. The first-order valence-corrected chi connectivity index (χ1v) is 8.36. The molecule has 0 amide bonds. The second kappa shape index (κ2) is 5.99. The Morgan fingerprint density at radius 1 is 1.24 bits per heavy atom. The summed E-state index contributed by atoms with van der Waals surface area (Å²) < 4.78 is 32.9. The van der Waals surface area contributed by atoms with Crippen molar-refractivity contribution in [2.75, 3.05) is 0 Å². The smallest absolute Gasteiger partial charge is 0.246 e. The van der Waals surface area contributed by atoms with E-state index >= 15 is 0 Å². The molecule has 21 heavy (non-hydrogen) atoms. The summed E-state index contributed by atoms with van der Waals surface area (Å²) in [4.78, 5) is 0.134. The van der Waals surface area contributed by atoms with E-state index in [9.17, 15) is 8.42 Å². The highest BCUT2D eigenvalue weighted by Gasteiger charge is 2.27. The molecule has 0 aliphatic heterocycles. The number of aryl methyl sites for hydroxylation is 3. The van der Waals surface area contributed by atoms with Gasteiger partial charge in [0, 0.05) is 6.04 Å². The summed E-state index contributed by atoms with van der Waals surface area (Å²) in [6.45, 7) is 7.15. The van der Waals surface area contributed by atoms with Crippen LogP contribution in [0.3, 0.4) is 0 Å². The number of sulfonamides is 1. The van der Waals surface area contributed by atoms with Gasteiger partial charge in [-0.15, -0.1) is 0 Å². The van der Waals surface area contributed by atoms with Gasteiger partial charge in [-0.25, -0.2) is 13.1 Å². The van der Waals surface area contributed by atoms with Crippen molar-refractivity contribution in [2.45, 2.75) is 45.1 Å². The normalized spacial score (nSPS) is 13.3. The Morgan fingerprint density at radius 2 is 1.90 bits per heavy atom. The zero-order chi connectivity index (χ0) is 15.6. The van der Waals surface area contributed by atoms with Crippen molar-refractivity contribution in [2.24, 2.45) is 0 Å². The lowest BCUT2D eigenvalue weighted by Gasteiger charge is -2.19. The van der Waals surface area contributed by atoms with E-state index in [1.54, 1.807) is 13.8 Å². The molecule has 5 nitrogen and oxygen atoms in total. The van der Waals surface area contributed by atoms with Crippen LogP contribution in [0.5, 0.6) is 0 Å². The van der Waals surface area contributed by atoms with Crippen LogP contribution >= 0.6 is 0 Å². The Morgan fingerprint density at radius 3 is 2.43 bits per heavy atom. The number of nitrogens with zero attached hydrogens (tertiary/aromatic N) is 1. The summed E-state index contributed by atoms with van der Waals surface area (Å²) in [6.07, 6.45) is 0.660. The van der Waals surface area contributed by atoms with E-state index in [4.69, 9.17) is 4.52 Å². The van der Waals surface area contributed by atoms with Crippen LogP contribution in [-0.2, 0) is 10.0 Å². The van der Waals surface area contributed by atoms with Gasteiger partial charge in [-0.2, -0.15) is 0 Å². The van der Waals surface area contributed by atoms with E-state index in [1.165, 1.54) is 0 Å². The highest BCUT2D eigenvalue weighted by Crippen LogP contribution is 2.25. The van der Waals surface area contributed by atoms with Crippen LogP contribution in [0.25, 0.3) is 0 Å². The van der Waals surface area contributed by atoms with Gasteiger partial charge in [0.15, 0.2) is 5.76 Å². The summed E-state index contributed by atoms with van der Waals surface area (Å²) in [5.74, 6) is 0.305. The molecule has 0 bridgehead atoms. The number of benzene rings is 1. The number of hydrogen-bond acceptors (Lipinski definition) is 4. The fourth-order valence-corrected chi connectivity index (χ4v) is 4.08. The van der Waals surface area contributed by atoms with Gasteiger partial charge in [-0.1, -0.05) is 36.3 Å². The first-order chi connectivity index (χ1) is 9.86. The standard InChI is InChI=1S/C15H20N2O3S/c1-5-14(13-9-7-6-8-10(13)2)17-21(18,19)15-11(3)16-20-12(15)4/h6-9,14,17H,5H2,1-4H3/t14-/m1/s1. The Hall–Kier alpha value is -1.66. The zero-order valence-electron chi connectivity index (χ0n) is 12.7. The van der Waals surface area contributed by atoms with Gasteiger partial charge in [0.1, 0.15) is 10.6 Å². The molecule has 114 valence electrons. The topological polar surface area (TPSA) is 72.2 Å². The van der Waals surface area contributed by atoms with Crippen LogP contribution in [0.1, 0.15) is 42.0 Å². The van der Waals surface area contributed by atoms with Crippen molar-refractivity contribution in [1.29, 1.82) is 0 Å². The number of rotatable bonds is 5.